The molecule has 3 aromatic rings. The highest BCUT2D eigenvalue weighted by Gasteiger charge is 2.50. The second-order valence-corrected chi connectivity index (χ2v) is 9.61. The fourth-order valence-corrected chi connectivity index (χ4v) is 6.27. The average molecular weight is 405 g/mol. The third-order valence-electron chi connectivity index (χ3n) is 7.55. The number of rotatable bonds is 4. The smallest absolute Gasteiger partial charge is 0.0485 e. The van der Waals surface area contributed by atoms with Crippen LogP contribution in [0.2, 0.25) is 0 Å². The second-order valence-electron chi connectivity index (χ2n) is 9.61. The zero-order valence-electron chi connectivity index (χ0n) is 18.9. The van der Waals surface area contributed by atoms with Crippen LogP contribution in [0.5, 0.6) is 0 Å². The molecule has 0 saturated heterocycles. The van der Waals surface area contributed by atoms with Gasteiger partial charge in [-0.25, -0.2) is 0 Å². The van der Waals surface area contributed by atoms with E-state index in [1.54, 1.807) is 0 Å². The Morgan fingerprint density at radius 2 is 1.10 bits per heavy atom. The van der Waals surface area contributed by atoms with Crippen molar-refractivity contribution in [3.8, 4) is 0 Å². The molecule has 3 atom stereocenters. The zero-order chi connectivity index (χ0) is 21.4. The first kappa shape index (κ1) is 20.1. The maximum absolute atomic E-state index is 2.48. The van der Waals surface area contributed by atoms with Gasteiger partial charge in [0.15, 0.2) is 0 Å². The third kappa shape index (κ3) is 3.39. The molecule has 0 aromatic heterocycles. The SMILES string of the molecule is Cc1cccc(C(c2cccc(C)c2)(c2cccc(C)c2)C2CCC3C=CC=CC32)c1. The van der Waals surface area contributed by atoms with Crippen LogP contribution >= 0.6 is 0 Å². The Morgan fingerprint density at radius 3 is 1.58 bits per heavy atom. The molecule has 0 N–H and O–H groups in total. The molecule has 156 valence electrons. The quantitative estimate of drug-likeness (QED) is 0.391. The minimum atomic E-state index is -0.168. The van der Waals surface area contributed by atoms with Crippen molar-refractivity contribution >= 4 is 0 Å². The van der Waals surface area contributed by atoms with Crippen molar-refractivity contribution in [3.63, 3.8) is 0 Å². The lowest BCUT2D eigenvalue weighted by molar-refractivity contribution is 0.309. The summed E-state index contributed by atoms with van der Waals surface area (Å²) in [5.74, 6) is 1.73. The van der Waals surface area contributed by atoms with Crippen molar-refractivity contribution in [2.45, 2.75) is 39.0 Å². The zero-order valence-corrected chi connectivity index (χ0v) is 18.9. The van der Waals surface area contributed by atoms with Crippen LogP contribution in [0, 0.1) is 38.5 Å². The number of allylic oxidation sites excluding steroid dienone is 4. The summed E-state index contributed by atoms with van der Waals surface area (Å²) in [5.41, 5.74) is 8.10. The van der Waals surface area contributed by atoms with Crippen LogP contribution in [-0.4, -0.2) is 0 Å². The Hall–Kier alpha value is -2.86. The molecular weight excluding hydrogens is 372 g/mol. The highest BCUT2D eigenvalue weighted by Crippen LogP contribution is 2.56. The van der Waals surface area contributed by atoms with Gasteiger partial charge in [0.1, 0.15) is 0 Å². The molecule has 3 aromatic carbocycles. The molecule has 0 heteroatoms. The molecule has 0 spiro atoms. The van der Waals surface area contributed by atoms with Gasteiger partial charge in [-0.05, 0) is 68.1 Å². The molecule has 5 rings (SSSR count). The van der Waals surface area contributed by atoms with E-state index >= 15 is 0 Å². The lowest BCUT2D eigenvalue weighted by Gasteiger charge is -2.44. The van der Waals surface area contributed by atoms with Gasteiger partial charge in [-0.1, -0.05) is 114 Å². The van der Waals surface area contributed by atoms with Crippen molar-refractivity contribution in [3.05, 3.63) is 130 Å². The van der Waals surface area contributed by atoms with Gasteiger partial charge in [0, 0.05) is 5.41 Å². The van der Waals surface area contributed by atoms with Crippen LogP contribution in [0.3, 0.4) is 0 Å². The first-order valence-corrected chi connectivity index (χ1v) is 11.7. The van der Waals surface area contributed by atoms with E-state index in [2.05, 4.69) is 118 Å². The van der Waals surface area contributed by atoms with Crippen LogP contribution in [0.1, 0.15) is 46.2 Å². The molecule has 0 heterocycles. The fraction of sp³-hybridized carbons (Fsp3) is 0.290. The van der Waals surface area contributed by atoms with E-state index in [4.69, 9.17) is 0 Å². The summed E-state index contributed by atoms with van der Waals surface area (Å²) in [6, 6.07) is 27.8. The van der Waals surface area contributed by atoms with Crippen LogP contribution in [0.4, 0.5) is 0 Å². The molecule has 0 amide bonds. The van der Waals surface area contributed by atoms with Gasteiger partial charge >= 0.3 is 0 Å². The summed E-state index contributed by atoms with van der Waals surface area (Å²) < 4.78 is 0. The molecule has 2 aliphatic carbocycles. The van der Waals surface area contributed by atoms with Gasteiger partial charge in [-0.3, -0.25) is 0 Å². The predicted octanol–water partition coefficient (Wildman–Crippen LogP) is 7.71. The molecule has 2 aliphatic rings. The standard InChI is InChI=1S/C31H32/c1-22-9-6-13-26(19-22)31(27-14-7-10-23(2)20-27,28-15-8-11-24(3)21-28)30-18-17-25-12-4-5-16-29(25)30/h4-16,19-21,25,29-30H,17-18H2,1-3H3. The van der Waals surface area contributed by atoms with Gasteiger partial charge in [0.05, 0.1) is 0 Å². The van der Waals surface area contributed by atoms with Crippen LogP contribution in [0.15, 0.2) is 97.1 Å². The van der Waals surface area contributed by atoms with Crippen molar-refractivity contribution in [2.75, 3.05) is 0 Å². The maximum atomic E-state index is 2.48. The van der Waals surface area contributed by atoms with Crippen molar-refractivity contribution in [2.24, 2.45) is 17.8 Å². The van der Waals surface area contributed by atoms with Crippen molar-refractivity contribution in [1.29, 1.82) is 0 Å². The average Bonchev–Trinajstić information content (AvgIpc) is 3.19. The first-order valence-electron chi connectivity index (χ1n) is 11.7. The minimum absolute atomic E-state index is 0.168. The van der Waals surface area contributed by atoms with Gasteiger partial charge in [-0.15, -0.1) is 0 Å². The van der Waals surface area contributed by atoms with Gasteiger partial charge < -0.3 is 0 Å². The number of hydrogen-bond acceptors (Lipinski definition) is 0. The van der Waals surface area contributed by atoms with Crippen LogP contribution < -0.4 is 0 Å². The third-order valence-corrected chi connectivity index (χ3v) is 7.55. The summed E-state index contributed by atoms with van der Waals surface area (Å²) >= 11 is 0. The Balaban J connectivity index is 1.85. The Morgan fingerprint density at radius 1 is 0.613 bits per heavy atom. The molecule has 1 saturated carbocycles. The van der Waals surface area contributed by atoms with Gasteiger partial charge in [0.25, 0.3) is 0 Å². The van der Waals surface area contributed by atoms with Gasteiger partial charge in [-0.2, -0.15) is 0 Å². The number of benzene rings is 3. The molecule has 31 heavy (non-hydrogen) atoms. The topological polar surface area (TPSA) is 0 Å². The van der Waals surface area contributed by atoms with E-state index in [-0.39, 0.29) is 5.41 Å². The Bertz CT molecular complexity index is 1040. The normalized spacial score (nSPS) is 22.5. The molecule has 3 unspecified atom stereocenters. The van der Waals surface area contributed by atoms with Crippen LogP contribution in [0.25, 0.3) is 0 Å². The molecule has 0 aliphatic heterocycles. The highest BCUT2D eigenvalue weighted by molar-refractivity contribution is 5.54. The van der Waals surface area contributed by atoms with E-state index in [1.807, 2.05) is 0 Å². The van der Waals surface area contributed by atoms with Crippen molar-refractivity contribution in [1.82, 2.24) is 0 Å². The molecule has 0 bridgehead atoms. The fourth-order valence-electron chi connectivity index (χ4n) is 6.27. The minimum Gasteiger partial charge on any atom is -0.0808 e. The van der Waals surface area contributed by atoms with E-state index < -0.39 is 0 Å². The van der Waals surface area contributed by atoms with E-state index in [0.717, 1.165) is 0 Å². The first-order chi connectivity index (χ1) is 15.1. The largest absolute Gasteiger partial charge is 0.0808 e. The second kappa shape index (κ2) is 8.00. The lowest BCUT2D eigenvalue weighted by Crippen LogP contribution is -2.40. The van der Waals surface area contributed by atoms with Gasteiger partial charge in [0.2, 0.25) is 0 Å². The summed E-state index contributed by atoms with van der Waals surface area (Å²) in [5, 5.41) is 0. The summed E-state index contributed by atoms with van der Waals surface area (Å²) in [4.78, 5) is 0. The monoisotopic (exact) mass is 404 g/mol. The van der Waals surface area contributed by atoms with Crippen molar-refractivity contribution < 1.29 is 0 Å². The maximum Gasteiger partial charge on any atom is 0.0485 e. The predicted molar refractivity (Wildman–Crippen MR) is 131 cm³/mol. The number of fused-ring (bicyclic) bond motifs is 1. The van der Waals surface area contributed by atoms with E-state index in [0.29, 0.717) is 17.8 Å². The lowest BCUT2D eigenvalue weighted by atomic mass is 9.58. The molecule has 0 nitrogen and oxygen atoms in total. The van der Waals surface area contributed by atoms with Crippen LogP contribution in [-0.2, 0) is 5.41 Å². The highest BCUT2D eigenvalue weighted by atomic mass is 14.5. The van der Waals surface area contributed by atoms with E-state index in [9.17, 15) is 0 Å². The summed E-state index contributed by atoms with van der Waals surface area (Å²) in [6.07, 6.45) is 11.9. The summed E-state index contributed by atoms with van der Waals surface area (Å²) in [6.45, 7) is 6.67. The molecule has 0 radical (unpaired) electrons. The Labute approximate surface area is 187 Å². The Kier molecular flexibility index (Phi) is 5.18. The number of aryl methyl sites for hydroxylation is 3. The molecular formula is C31H32. The number of hydrogen-bond donors (Lipinski definition) is 0. The summed E-state index contributed by atoms with van der Waals surface area (Å²) in [7, 11) is 0. The molecule has 1 fully saturated rings. The van der Waals surface area contributed by atoms with E-state index in [1.165, 1.54) is 46.2 Å².